The Balaban J connectivity index is 0. The molecule has 0 aromatic carbocycles. The summed E-state index contributed by atoms with van der Waals surface area (Å²) in [5.74, 6) is 0.681. The van der Waals surface area contributed by atoms with Crippen molar-refractivity contribution >= 4 is 11.6 Å². The van der Waals surface area contributed by atoms with Gasteiger partial charge in [-0.15, -0.1) is 11.6 Å². The molecule has 0 fully saturated rings. The van der Waals surface area contributed by atoms with Gasteiger partial charge in [-0.05, 0) is 6.42 Å². The summed E-state index contributed by atoms with van der Waals surface area (Å²) < 4.78 is 0. The van der Waals surface area contributed by atoms with Gasteiger partial charge < -0.3 is 6.15 Å². The number of halogens is 1. The smallest absolute Gasteiger partial charge is 0.0223 e. The first kappa shape index (κ1) is 8.98. The molecule has 5 heavy (non-hydrogen) atoms. The zero-order valence-corrected chi connectivity index (χ0v) is 3.96. The van der Waals surface area contributed by atoms with Crippen molar-refractivity contribution in [3.05, 3.63) is 6.92 Å². The third-order valence-corrected chi connectivity index (χ3v) is 0.401. The van der Waals surface area contributed by atoms with Gasteiger partial charge >= 0.3 is 0 Å². The Labute approximate surface area is 37.9 Å². The molecule has 0 aliphatic carbocycles. The summed E-state index contributed by atoms with van der Waals surface area (Å²) in [4.78, 5) is 0. The van der Waals surface area contributed by atoms with Crippen LogP contribution in [0.15, 0.2) is 0 Å². The molecule has 2 heteroatoms. The van der Waals surface area contributed by atoms with Crippen LogP contribution in [0.25, 0.3) is 0 Å². The Morgan fingerprint density at radius 1 is 1.60 bits per heavy atom. The molecule has 0 aliphatic heterocycles. The summed E-state index contributed by atoms with van der Waals surface area (Å²) >= 11 is 5.12. The van der Waals surface area contributed by atoms with Crippen LogP contribution in [0, 0.1) is 6.92 Å². The molecule has 0 aromatic rings. The maximum Gasteiger partial charge on any atom is 0.0223 e. The highest BCUT2D eigenvalue weighted by Crippen LogP contribution is 1.75. The molecular weight excluding hydrogens is 85.5 g/mol. The van der Waals surface area contributed by atoms with E-state index < -0.39 is 0 Å². The lowest BCUT2D eigenvalue weighted by atomic mass is 10.6. The Hall–Kier alpha value is 0.250. The molecule has 3 N–H and O–H groups in total. The van der Waals surface area contributed by atoms with Gasteiger partial charge in [-0.25, -0.2) is 0 Å². The Morgan fingerprint density at radius 2 is 1.80 bits per heavy atom. The first-order valence-electron chi connectivity index (χ1n) is 1.27. The predicted octanol–water partition coefficient (Wildman–Crippen LogP) is 1.61. The van der Waals surface area contributed by atoms with E-state index in [1.807, 2.05) is 0 Å². The van der Waals surface area contributed by atoms with Crippen molar-refractivity contribution in [2.45, 2.75) is 6.42 Å². The van der Waals surface area contributed by atoms with Crippen LogP contribution >= 0.6 is 11.6 Å². The van der Waals surface area contributed by atoms with E-state index in [1.165, 1.54) is 0 Å². The highest BCUT2D eigenvalue weighted by atomic mass is 35.5. The minimum Gasteiger partial charge on any atom is -0.344 e. The van der Waals surface area contributed by atoms with Gasteiger partial charge in [0.25, 0.3) is 0 Å². The van der Waals surface area contributed by atoms with E-state index >= 15 is 0 Å². The van der Waals surface area contributed by atoms with Crippen LogP contribution in [-0.2, 0) is 0 Å². The van der Waals surface area contributed by atoms with Crippen molar-refractivity contribution in [1.29, 1.82) is 0 Å². The summed E-state index contributed by atoms with van der Waals surface area (Å²) in [7, 11) is 0. The van der Waals surface area contributed by atoms with Crippen LogP contribution in [-0.4, -0.2) is 5.88 Å². The molecule has 0 atom stereocenters. The van der Waals surface area contributed by atoms with Crippen molar-refractivity contribution in [2.24, 2.45) is 0 Å². The maximum absolute atomic E-state index is 5.12. The predicted molar refractivity (Wildman–Crippen MR) is 25.7 cm³/mol. The lowest BCUT2D eigenvalue weighted by Crippen LogP contribution is -1.56. The van der Waals surface area contributed by atoms with Crippen LogP contribution < -0.4 is 6.15 Å². The molecule has 1 radical (unpaired) electrons. The van der Waals surface area contributed by atoms with E-state index in [4.69, 9.17) is 11.6 Å². The molecule has 0 saturated carbocycles. The van der Waals surface area contributed by atoms with Gasteiger partial charge in [0.2, 0.25) is 0 Å². The van der Waals surface area contributed by atoms with Gasteiger partial charge in [0, 0.05) is 5.88 Å². The number of hydrogen-bond acceptors (Lipinski definition) is 1. The minimum absolute atomic E-state index is 0. The number of alkyl halides is 1. The second kappa shape index (κ2) is 8.87. The van der Waals surface area contributed by atoms with E-state index in [1.54, 1.807) is 0 Å². The van der Waals surface area contributed by atoms with Gasteiger partial charge in [0.1, 0.15) is 0 Å². The lowest BCUT2D eigenvalue weighted by Gasteiger charge is -1.65. The van der Waals surface area contributed by atoms with Gasteiger partial charge in [0.15, 0.2) is 0 Å². The van der Waals surface area contributed by atoms with E-state index in [0.29, 0.717) is 5.88 Å². The Bertz CT molecular complexity index is 8.85. The molecule has 0 heterocycles. The van der Waals surface area contributed by atoms with Crippen molar-refractivity contribution < 1.29 is 0 Å². The second-order valence-corrected chi connectivity index (χ2v) is 0.921. The van der Waals surface area contributed by atoms with Crippen molar-refractivity contribution in [3.63, 3.8) is 0 Å². The minimum atomic E-state index is 0. The lowest BCUT2D eigenvalue weighted by molar-refractivity contribution is 1.24. The second-order valence-electron chi connectivity index (χ2n) is 0.543. The SMILES string of the molecule is N.[CH2]CCCl. The highest BCUT2D eigenvalue weighted by molar-refractivity contribution is 6.17. The van der Waals surface area contributed by atoms with Crippen molar-refractivity contribution in [1.82, 2.24) is 6.15 Å². The van der Waals surface area contributed by atoms with E-state index in [9.17, 15) is 0 Å². The normalized spacial score (nSPS) is 6.00. The number of hydrogen-bond donors (Lipinski definition) is 1. The maximum atomic E-state index is 5.12. The molecule has 0 bridgehead atoms. The molecule has 0 unspecified atom stereocenters. The molecule has 0 rings (SSSR count). The summed E-state index contributed by atoms with van der Waals surface area (Å²) in [5.41, 5.74) is 0. The van der Waals surface area contributed by atoms with Crippen molar-refractivity contribution in [2.75, 3.05) is 5.88 Å². The van der Waals surface area contributed by atoms with Crippen LogP contribution in [0.1, 0.15) is 6.42 Å². The van der Waals surface area contributed by atoms with Crippen LogP contribution in [0.4, 0.5) is 0 Å². The van der Waals surface area contributed by atoms with E-state index in [2.05, 4.69) is 6.92 Å². The highest BCUT2D eigenvalue weighted by Gasteiger charge is 1.59. The fourth-order valence-corrected chi connectivity index (χ4v) is 0. The van der Waals surface area contributed by atoms with Gasteiger partial charge in [-0.1, -0.05) is 6.92 Å². The van der Waals surface area contributed by atoms with E-state index in [-0.39, 0.29) is 6.15 Å². The average molecular weight is 94.6 g/mol. The summed E-state index contributed by atoms with van der Waals surface area (Å²) in [6.45, 7) is 3.47. The Kier molecular flexibility index (Phi) is 15.9. The molecule has 33 valence electrons. The largest absolute Gasteiger partial charge is 0.344 e. The van der Waals surface area contributed by atoms with E-state index in [0.717, 1.165) is 6.42 Å². The van der Waals surface area contributed by atoms with Gasteiger partial charge in [-0.3, -0.25) is 0 Å². The molecule has 0 amide bonds. The topological polar surface area (TPSA) is 35.0 Å². The third-order valence-electron chi connectivity index (χ3n) is 0.134. The van der Waals surface area contributed by atoms with Gasteiger partial charge in [-0.2, -0.15) is 0 Å². The molecule has 0 aromatic heterocycles. The fraction of sp³-hybridized carbons (Fsp3) is 0.667. The van der Waals surface area contributed by atoms with Crippen molar-refractivity contribution in [3.8, 4) is 0 Å². The molecule has 0 saturated heterocycles. The fourth-order valence-electron chi connectivity index (χ4n) is 0. The molecule has 0 aliphatic rings. The standard InChI is InChI=1S/C3H6Cl.H3N/c1-2-3-4;/h1-3H2;1H3. The zero-order chi connectivity index (χ0) is 3.41. The quantitative estimate of drug-likeness (QED) is 0.493. The third kappa shape index (κ3) is 13.8. The summed E-state index contributed by atoms with van der Waals surface area (Å²) in [5, 5.41) is 0. The summed E-state index contributed by atoms with van der Waals surface area (Å²) in [6, 6.07) is 0. The Morgan fingerprint density at radius 3 is 1.80 bits per heavy atom. The monoisotopic (exact) mass is 94.0 g/mol. The van der Waals surface area contributed by atoms with Crippen LogP contribution in [0.3, 0.4) is 0 Å². The van der Waals surface area contributed by atoms with Crippen LogP contribution in [0.2, 0.25) is 0 Å². The zero-order valence-electron chi connectivity index (χ0n) is 3.21. The first-order valence-corrected chi connectivity index (χ1v) is 1.80. The van der Waals surface area contributed by atoms with Gasteiger partial charge in [0.05, 0.1) is 0 Å². The summed E-state index contributed by atoms with van der Waals surface area (Å²) in [6.07, 6.45) is 0.835. The number of rotatable bonds is 1. The molecule has 0 spiro atoms. The average Bonchev–Trinajstić information content (AvgIpc) is 1.37. The molecule has 1 nitrogen and oxygen atoms in total. The van der Waals surface area contributed by atoms with Crippen LogP contribution in [0.5, 0.6) is 0 Å². The first-order chi connectivity index (χ1) is 1.91. The molecular formula is C3H9ClN.